The molecule has 1 aliphatic heterocycles. The lowest BCUT2D eigenvalue weighted by Gasteiger charge is -2.18. The van der Waals surface area contributed by atoms with Gasteiger partial charge in [-0.15, -0.1) is 0 Å². The Labute approximate surface area is 93.3 Å². The van der Waals surface area contributed by atoms with Crippen LogP contribution in [0.2, 0.25) is 0 Å². The lowest BCUT2D eigenvalue weighted by atomic mass is 10.2. The summed E-state index contributed by atoms with van der Waals surface area (Å²) < 4.78 is 10.1. The standard InChI is InChI=1S/C10H15N3O3/c1-6-7(3-12-16-6)10(14)13-8-4-11-5-9(8)15-2/h3,8-9,11H,4-5H2,1-2H3,(H,13,14)/t8?,9-/m0/s1. The quantitative estimate of drug-likeness (QED) is 0.738. The average molecular weight is 225 g/mol. The molecule has 0 radical (unpaired) electrons. The summed E-state index contributed by atoms with van der Waals surface area (Å²) in [5.74, 6) is 0.354. The minimum absolute atomic E-state index is 0.00759. The Hall–Kier alpha value is -1.40. The summed E-state index contributed by atoms with van der Waals surface area (Å²) in [7, 11) is 1.64. The molecule has 1 aromatic heterocycles. The first-order valence-electron chi connectivity index (χ1n) is 5.18. The number of hydrogen-bond acceptors (Lipinski definition) is 5. The fourth-order valence-electron chi connectivity index (χ4n) is 1.81. The Morgan fingerprint density at radius 2 is 2.50 bits per heavy atom. The topological polar surface area (TPSA) is 76.4 Å². The van der Waals surface area contributed by atoms with Gasteiger partial charge in [0, 0.05) is 20.2 Å². The van der Waals surface area contributed by atoms with E-state index in [9.17, 15) is 4.79 Å². The normalized spacial score (nSPS) is 24.6. The zero-order valence-corrected chi connectivity index (χ0v) is 9.32. The fraction of sp³-hybridized carbons (Fsp3) is 0.600. The highest BCUT2D eigenvalue weighted by molar-refractivity contribution is 5.95. The number of hydrogen-bond donors (Lipinski definition) is 2. The van der Waals surface area contributed by atoms with Crippen LogP contribution in [0.3, 0.4) is 0 Å². The van der Waals surface area contributed by atoms with Crippen LogP contribution in [-0.4, -0.2) is 43.4 Å². The summed E-state index contributed by atoms with van der Waals surface area (Å²) in [5, 5.41) is 9.63. The summed E-state index contributed by atoms with van der Waals surface area (Å²) in [6.45, 7) is 3.18. The molecule has 1 aliphatic rings. The molecule has 0 saturated carbocycles. The van der Waals surface area contributed by atoms with Gasteiger partial charge in [0.15, 0.2) is 0 Å². The van der Waals surface area contributed by atoms with Crippen molar-refractivity contribution >= 4 is 5.91 Å². The van der Waals surface area contributed by atoms with E-state index in [0.29, 0.717) is 17.9 Å². The summed E-state index contributed by atoms with van der Waals surface area (Å²) in [6, 6.07) is -0.00759. The molecular formula is C10H15N3O3. The van der Waals surface area contributed by atoms with Crippen LogP contribution >= 0.6 is 0 Å². The second-order valence-electron chi connectivity index (χ2n) is 3.81. The highest BCUT2D eigenvalue weighted by Crippen LogP contribution is 2.08. The summed E-state index contributed by atoms with van der Waals surface area (Å²) in [4.78, 5) is 11.8. The van der Waals surface area contributed by atoms with E-state index in [1.165, 1.54) is 6.20 Å². The van der Waals surface area contributed by atoms with Crippen LogP contribution < -0.4 is 10.6 Å². The highest BCUT2D eigenvalue weighted by atomic mass is 16.5. The lowest BCUT2D eigenvalue weighted by Crippen LogP contribution is -2.43. The van der Waals surface area contributed by atoms with Gasteiger partial charge in [-0.3, -0.25) is 4.79 Å². The minimum Gasteiger partial charge on any atom is -0.378 e. The van der Waals surface area contributed by atoms with E-state index in [-0.39, 0.29) is 18.1 Å². The molecule has 0 aliphatic carbocycles. The van der Waals surface area contributed by atoms with Gasteiger partial charge < -0.3 is 19.9 Å². The van der Waals surface area contributed by atoms with Crippen LogP contribution in [0.15, 0.2) is 10.7 Å². The van der Waals surface area contributed by atoms with Gasteiger partial charge in [-0.25, -0.2) is 0 Å². The number of nitrogens with zero attached hydrogens (tertiary/aromatic N) is 1. The zero-order chi connectivity index (χ0) is 11.5. The van der Waals surface area contributed by atoms with E-state index < -0.39 is 0 Å². The maximum absolute atomic E-state index is 11.8. The van der Waals surface area contributed by atoms with Crippen LogP contribution in [0.1, 0.15) is 16.1 Å². The van der Waals surface area contributed by atoms with Crippen molar-refractivity contribution in [2.45, 2.75) is 19.1 Å². The predicted molar refractivity (Wildman–Crippen MR) is 56.2 cm³/mol. The number of amides is 1. The molecule has 1 unspecified atom stereocenters. The first-order valence-corrected chi connectivity index (χ1v) is 5.18. The monoisotopic (exact) mass is 225 g/mol. The van der Waals surface area contributed by atoms with E-state index in [1.54, 1.807) is 14.0 Å². The van der Waals surface area contributed by atoms with Crippen molar-refractivity contribution in [3.63, 3.8) is 0 Å². The maximum Gasteiger partial charge on any atom is 0.256 e. The SMILES string of the molecule is CO[C@H]1CNCC1NC(=O)c1cnoc1C. The molecular weight excluding hydrogens is 210 g/mol. The smallest absolute Gasteiger partial charge is 0.256 e. The Morgan fingerprint density at radius 1 is 1.69 bits per heavy atom. The third-order valence-electron chi connectivity index (χ3n) is 2.77. The fourth-order valence-corrected chi connectivity index (χ4v) is 1.81. The van der Waals surface area contributed by atoms with E-state index in [0.717, 1.165) is 6.54 Å². The second kappa shape index (κ2) is 4.63. The first-order chi connectivity index (χ1) is 7.72. The number of methoxy groups -OCH3 is 1. The molecule has 6 nitrogen and oxygen atoms in total. The van der Waals surface area contributed by atoms with Crippen LogP contribution in [0.4, 0.5) is 0 Å². The largest absolute Gasteiger partial charge is 0.378 e. The van der Waals surface area contributed by atoms with Crippen molar-refractivity contribution in [2.24, 2.45) is 0 Å². The number of aromatic nitrogens is 1. The van der Waals surface area contributed by atoms with Gasteiger partial charge in [0.25, 0.3) is 5.91 Å². The van der Waals surface area contributed by atoms with E-state index in [4.69, 9.17) is 9.26 Å². The number of aryl methyl sites for hydroxylation is 1. The van der Waals surface area contributed by atoms with Gasteiger partial charge in [-0.2, -0.15) is 0 Å². The molecule has 1 amide bonds. The number of carbonyl (C=O) groups is 1. The number of carbonyl (C=O) groups excluding carboxylic acids is 1. The molecule has 2 atom stereocenters. The molecule has 88 valence electrons. The van der Waals surface area contributed by atoms with E-state index in [1.807, 2.05) is 0 Å². The molecule has 2 heterocycles. The number of rotatable bonds is 3. The Balaban J connectivity index is 2.00. The second-order valence-corrected chi connectivity index (χ2v) is 3.81. The maximum atomic E-state index is 11.8. The van der Waals surface area contributed by atoms with Gasteiger partial charge in [-0.1, -0.05) is 5.16 Å². The van der Waals surface area contributed by atoms with E-state index >= 15 is 0 Å². The average Bonchev–Trinajstić information content (AvgIpc) is 2.86. The number of ether oxygens (including phenoxy) is 1. The first kappa shape index (κ1) is 11.1. The van der Waals surface area contributed by atoms with Gasteiger partial charge in [0.1, 0.15) is 11.3 Å². The van der Waals surface area contributed by atoms with Crippen LogP contribution in [0, 0.1) is 6.92 Å². The summed E-state index contributed by atoms with van der Waals surface area (Å²) in [6.07, 6.45) is 1.44. The third kappa shape index (κ3) is 2.07. The van der Waals surface area contributed by atoms with Crippen molar-refractivity contribution < 1.29 is 14.1 Å². The van der Waals surface area contributed by atoms with Crippen molar-refractivity contribution in [3.05, 3.63) is 17.5 Å². The molecule has 1 saturated heterocycles. The lowest BCUT2D eigenvalue weighted by molar-refractivity contribution is 0.0779. The molecule has 1 fully saturated rings. The molecule has 0 spiro atoms. The molecule has 2 rings (SSSR count). The predicted octanol–water partition coefficient (Wildman–Crippen LogP) is -0.300. The molecule has 6 heteroatoms. The summed E-state index contributed by atoms with van der Waals surface area (Å²) >= 11 is 0. The Kier molecular flexibility index (Phi) is 3.21. The molecule has 1 aromatic rings. The third-order valence-corrected chi connectivity index (χ3v) is 2.77. The molecule has 16 heavy (non-hydrogen) atoms. The Bertz CT molecular complexity index is 377. The van der Waals surface area contributed by atoms with Crippen LogP contribution in [0.25, 0.3) is 0 Å². The minimum atomic E-state index is -0.172. The van der Waals surface area contributed by atoms with Gasteiger partial charge in [0.05, 0.1) is 18.3 Å². The highest BCUT2D eigenvalue weighted by Gasteiger charge is 2.29. The molecule has 0 bridgehead atoms. The van der Waals surface area contributed by atoms with Gasteiger partial charge in [-0.05, 0) is 6.92 Å². The van der Waals surface area contributed by atoms with Crippen LogP contribution in [0.5, 0.6) is 0 Å². The van der Waals surface area contributed by atoms with Crippen molar-refractivity contribution in [1.82, 2.24) is 15.8 Å². The summed E-state index contributed by atoms with van der Waals surface area (Å²) in [5.41, 5.74) is 0.474. The number of nitrogens with one attached hydrogen (secondary N) is 2. The van der Waals surface area contributed by atoms with E-state index in [2.05, 4.69) is 15.8 Å². The van der Waals surface area contributed by atoms with Crippen molar-refractivity contribution in [2.75, 3.05) is 20.2 Å². The zero-order valence-electron chi connectivity index (χ0n) is 9.32. The molecule has 0 aromatic carbocycles. The van der Waals surface area contributed by atoms with Crippen LogP contribution in [-0.2, 0) is 4.74 Å². The van der Waals surface area contributed by atoms with Crippen molar-refractivity contribution in [1.29, 1.82) is 0 Å². The van der Waals surface area contributed by atoms with Crippen molar-refractivity contribution in [3.8, 4) is 0 Å². The Morgan fingerprint density at radius 3 is 3.12 bits per heavy atom. The molecule has 2 N–H and O–H groups in total. The van der Waals surface area contributed by atoms with Gasteiger partial charge >= 0.3 is 0 Å². The van der Waals surface area contributed by atoms with Gasteiger partial charge in [0.2, 0.25) is 0 Å².